The highest BCUT2D eigenvalue weighted by Gasteiger charge is 2.39. The van der Waals surface area contributed by atoms with Gasteiger partial charge in [0.2, 0.25) is 12.0 Å². The Balaban J connectivity index is 1.52. The van der Waals surface area contributed by atoms with Gasteiger partial charge in [-0.25, -0.2) is 0 Å². The van der Waals surface area contributed by atoms with Crippen molar-refractivity contribution < 1.29 is 33.0 Å². The second-order valence-electron chi connectivity index (χ2n) is 9.77. The lowest BCUT2D eigenvalue weighted by Crippen LogP contribution is -2.52. The Bertz CT molecular complexity index is 1270. The number of para-hydroxylation sites is 2. The summed E-state index contributed by atoms with van der Waals surface area (Å²) < 4.78 is 28.5. The number of furan rings is 1. The third kappa shape index (κ3) is 5.97. The molecule has 2 aromatic carbocycles. The number of hydrogen-bond donors (Lipinski definition) is 1. The molecule has 0 spiro atoms. The van der Waals surface area contributed by atoms with Crippen LogP contribution in [0.1, 0.15) is 49.5 Å². The molecular formula is C30H34N2O7. The van der Waals surface area contributed by atoms with Crippen molar-refractivity contribution in [3.8, 4) is 23.0 Å². The Morgan fingerprint density at radius 2 is 1.74 bits per heavy atom. The zero-order valence-corrected chi connectivity index (χ0v) is 22.3. The molecule has 2 amide bonds. The van der Waals surface area contributed by atoms with Crippen LogP contribution < -0.4 is 24.3 Å². The van der Waals surface area contributed by atoms with Gasteiger partial charge in [0.05, 0.1) is 27.0 Å². The molecule has 0 saturated heterocycles. The zero-order chi connectivity index (χ0) is 27.2. The topological polar surface area (TPSA) is 99.5 Å². The Kier molecular flexibility index (Phi) is 8.24. The minimum Gasteiger partial charge on any atom is -0.493 e. The molecule has 39 heavy (non-hydrogen) atoms. The minimum atomic E-state index is -0.981. The molecule has 1 fully saturated rings. The first-order chi connectivity index (χ1) is 19.1. The molecule has 0 bridgehead atoms. The van der Waals surface area contributed by atoms with E-state index in [9.17, 15) is 9.59 Å². The van der Waals surface area contributed by atoms with E-state index in [2.05, 4.69) is 5.32 Å². The van der Waals surface area contributed by atoms with Crippen LogP contribution in [0.4, 0.5) is 0 Å². The zero-order valence-electron chi connectivity index (χ0n) is 22.3. The van der Waals surface area contributed by atoms with E-state index in [0.29, 0.717) is 34.3 Å². The number of benzene rings is 2. The summed E-state index contributed by atoms with van der Waals surface area (Å²) in [5.74, 6) is 1.92. The van der Waals surface area contributed by atoms with Gasteiger partial charge < -0.3 is 33.6 Å². The molecule has 9 heteroatoms. The highest BCUT2D eigenvalue weighted by atomic mass is 16.6. The number of methoxy groups -OCH3 is 2. The lowest BCUT2D eigenvalue weighted by molar-refractivity contribution is -0.149. The molecule has 0 radical (unpaired) electrons. The van der Waals surface area contributed by atoms with E-state index >= 15 is 0 Å². The van der Waals surface area contributed by atoms with Crippen molar-refractivity contribution in [1.29, 1.82) is 0 Å². The van der Waals surface area contributed by atoms with Gasteiger partial charge in [-0.3, -0.25) is 9.59 Å². The van der Waals surface area contributed by atoms with Crippen molar-refractivity contribution in [3.05, 3.63) is 72.2 Å². The number of ether oxygens (including phenoxy) is 4. The summed E-state index contributed by atoms with van der Waals surface area (Å²) in [6, 6.07) is 15.1. The lowest BCUT2D eigenvalue weighted by atomic mass is 9.94. The van der Waals surface area contributed by atoms with Crippen LogP contribution in [-0.2, 0) is 16.1 Å². The Labute approximate surface area is 228 Å². The molecule has 2 unspecified atom stereocenters. The van der Waals surface area contributed by atoms with Gasteiger partial charge in [0.1, 0.15) is 18.4 Å². The van der Waals surface area contributed by atoms with Gasteiger partial charge in [-0.2, -0.15) is 0 Å². The molecule has 9 nitrogen and oxygen atoms in total. The van der Waals surface area contributed by atoms with Crippen molar-refractivity contribution in [3.63, 3.8) is 0 Å². The molecule has 1 N–H and O–H groups in total. The van der Waals surface area contributed by atoms with E-state index < -0.39 is 12.1 Å². The summed E-state index contributed by atoms with van der Waals surface area (Å²) in [5, 5.41) is 3.21. The van der Waals surface area contributed by atoms with Gasteiger partial charge in [0, 0.05) is 6.04 Å². The van der Waals surface area contributed by atoms with Gasteiger partial charge in [0.25, 0.3) is 5.91 Å². The van der Waals surface area contributed by atoms with Crippen molar-refractivity contribution >= 4 is 11.8 Å². The largest absolute Gasteiger partial charge is 0.493 e. The minimum absolute atomic E-state index is 0.0212. The summed E-state index contributed by atoms with van der Waals surface area (Å²) >= 11 is 0. The quantitative estimate of drug-likeness (QED) is 0.426. The number of fused-ring (bicyclic) bond motifs is 1. The van der Waals surface area contributed by atoms with E-state index in [-0.39, 0.29) is 31.0 Å². The highest BCUT2D eigenvalue weighted by Crippen LogP contribution is 2.36. The summed E-state index contributed by atoms with van der Waals surface area (Å²) in [4.78, 5) is 29.7. The van der Waals surface area contributed by atoms with Crippen LogP contribution in [0.5, 0.6) is 23.0 Å². The van der Waals surface area contributed by atoms with Gasteiger partial charge in [-0.05, 0) is 54.8 Å². The van der Waals surface area contributed by atoms with E-state index in [1.54, 1.807) is 55.8 Å². The molecule has 2 aliphatic rings. The summed E-state index contributed by atoms with van der Waals surface area (Å²) in [7, 11) is 3.09. The third-order valence-corrected chi connectivity index (χ3v) is 7.21. The van der Waals surface area contributed by atoms with Gasteiger partial charge in [0.15, 0.2) is 23.0 Å². The number of hydrogen-bond acceptors (Lipinski definition) is 7. The van der Waals surface area contributed by atoms with Crippen LogP contribution in [0.3, 0.4) is 0 Å². The lowest BCUT2D eigenvalue weighted by Gasteiger charge is -2.36. The van der Waals surface area contributed by atoms with Crippen molar-refractivity contribution in [1.82, 2.24) is 10.2 Å². The van der Waals surface area contributed by atoms with Crippen molar-refractivity contribution in [2.24, 2.45) is 0 Å². The number of rotatable bonds is 9. The first-order valence-corrected chi connectivity index (χ1v) is 13.3. The molecule has 1 aliphatic carbocycles. The number of carbonyl (C=O) groups is 2. The molecule has 1 aromatic heterocycles. The van der Waals surface area contributed by atoms with Crippen LogP contribution in [0.25, 0.3) is 0 Å². The Hall–Kier alpha value is -4.14. The molecule has 5 rings (SSSR count). The van der Waals surface area contributed by atoms with Gasteiger partial charge >= 0.3 is 0 Å². The van der Waals surface area contributed by atoms with Crippen molar-refractivity contribution in [2.45, 2.75) is 56.8 Å². The molecule has 2 heterocycles. The summed E-state index contributed by atoms with van der Waals surface area (Å²) in [6.45, 7) is 0.0812. The van der Waals surface area contributed by atoms with E-state index in [1.165, 1.54) is 12.0 Å². The number of carbonyl (C=O) groups excluding carboxylic acids is 2. The van der Waals surface area contributed by atoms with Gasteiger partial charge in [-0.15, -0.1) is 0 Å². The molecule has 3 aromatic rings. The Morgan fingerprint density at radius 3 is 2.46 bits per heavy atom. The SMILES string of the molecule is COc1ccc(C(C(=O)NC2CCCCC2)N(Cc2ccco2)C(=O)C2COc3ccccc3O2)cc1OC. The maximum atomic E-state index is 14.2. The summed E-state index contributed by atoms with van der Waals surface area (Å²) in [6.07, 6.45) is 5.71. The number of nitrogens with zero attached hydrogens (tertiary/aromatic N) is 1. The molecule has 1 saturated carbocycles. The normalized spacial score (nSPS) is 17.6. The van der Waals surface area contributed by atoms with Crippen LogP contribution >= 0.6 is 0 Å². The first kappa shape index (κ1) is 26.5. The van der Waals surface area contributed by atoms with E-state index in [1.807, 2.05) is 12.1 Å². The van der Waals surface area contributed by atoms with Crippen LogP contribution in [0, 0.1) is 0 Å². The highest BCUT2D eigenvalue weighted by molar-refractivity contribution is 5.91. The average Bonchev–Trinajstić information content (AvgIpc) is 3.50. The van der Waals surface area contributed by atoms with Crippen LogP contribution in [0.2, 0.25) is 0 Å². The maximum absolute atomic E-state index is 14.2. The standard InChI is InChI=1S/C30H34N2O7/c1-35-23-15-14-20(17-26(23)36-2)28(29(33)31-21-9-4-3-5-10-21)32(18-22-11-8-16-37-22)30(34)27-19-38-24-12-6-7-13-25(24)39-27/h6-8,11-17,21,27-28H,3-5,9-10,18-19H2,1-2H3,(H,31,33). The predicted molar refractivity (Wildman–Crippen MR) is 143 cm³/mol. The maximum Gasteiger partial charge on any atom is 0.268 e. The fraction of sp³-hybridized carbons (Fsp3) is 0.400. The Morgan fingerprint density at radius 1 is 0.974 bits per heavy atom. The third-order valence-electron chi connectivity index (χ3n) is 7.21. The summed E-state index contributed by atoms with van der Waals surface area (Å²) in [5.41, 5.74) is 0.581. The average molecular weight is 535 g/mol. The number of amides is 2. The monoisotopic (exact) mass is 534 g/mol. The first-order valence-electron chi connectivity index (χ1n) is 13.3. The molecular weight excluding hydrogens is 500 g/mol. The van der Waals surface area contributed by atoms with Crippen LogP contribution in [-0.4, -0.2) is 49.7 Å². The van der Waals surface area contributed by atoms with Crippen LogP contribution in [0.15, 0.2) is 65.3 Å². The fourth-order valence-corrected chi connectivity index (χ4v) is 5.22. The van der Waals surface area contributed by atoms with E-state index in [0.717, 1.165) is 32.1 Å². The second-order valence-corrected chi connectivity index (χ2v) is 9.77. The predicted octanol–water partition coefficient (Wildman–Crippen LogP) is 4.66. The second kappa shape index (κ2) is 12.1. The van der Waals surface area contributed by atoms with Gasteiger partial charge in [-0.1, -0.05) is 37.5 Å². The van der Waals surface area contributed by atoms with Crippen molar-refractivity contribution in [2.75, 3.05) is 20.8 Å². The molecule has 2 atom stereocenters. The fourth-order valence-electron chi connectivity index (χ4n) is 5.22. The smallest absolute Gasteiger partial charge is 0.268 e. The molecule has 1 aliphatic heterocycles. The number of nitrogens with one attached hydrogen (secondary N) is 1. The molecule has 206 valence electrons. The van der Waals surface area contributed by atoms with E-state index in [4.69, 9.17) is 23.4 Å².